The molecule has 0 saturated heterocycles. The molecule has 1 nitrogen and oxygen atoms in total. The molecule has 0 radical (unpaired) electrons. The molecule has 1 aliphatic carbocycles. The maximum absolute atomic E-state index is 14.7. The van der Waals surface area contributed by atoms with Crippen molar-refractivity contribution in [2.75, 3.05) is 6.61 Å². The quantitative estimate of drug-likeness (QED) is 0.433. The van der Waals surface area contributed by atoms with Crippen molar-refractivity contribution in [1.82, 2.24) is 0 Å². The number of thiophene rings is 1. The first-order valence-electron chi connectivity index (χ1n) is 9.50. The summed E-state index contributed by atoms with van der Waals surface area (Å²) in [5, 5.41) is 0. The molecule has 1 aliphatic rings. The van der Waals surface area contributed by atoms with Gasteiger partial charge in [-0.25, -0.2) is 8.78 Å². The highest BCUT2D eigenvalue weighted by molar-refractivity contribution is 7.15. The van der Waals surface area contributed by atoms with Crippen LogP contribution in [-0.2, 0) is 0 Å². The lowest BCUT2D eigenvalue weighted by molar-refractivity contribution is 0.239. The Bertz CT molecular complexity index is 990. The highest BCUT2D eigenvalue weighted by Crippen LogP contribution is 2.35. The highest BCUT2D eigenvalue weighted by atomic mass is 32.1. The van der Waals surface area contributed by atoms with E-state index >= 15 is 0 Å². The van der Waals surface area contributed by atoms with E-state index in [0.717, 1.165) is 41.0 Å². The number of halogens is 3. The van der Waals surface area contributed by atoms with Crippen LogP contribution in [0.1, 0.15) is 30.6 Å². The van der Waals surface area contributed by atoms with Gasteiger partial charge in [0.25, 0.3) is 0 Å². The lowest BCUT2D eigenvalue weighted by Gasteiger charge is -2.14. The Labute approximate surface area is 166 Å². The van der Waals surface area contributed by atoms with Gasteiger partial charge in [-0.05, 0) is 61.6 Å². The van der Waals surface area contributed by atoms with Gasteiger partial charge >= 0.3 is 0 Å². The molecule has 0 N–H and O–H groups in total. The first-order chi connectivity index (χ1) is 13.5. The molecule has 1 heterocycles. The van der Waals surface area contributed by atoms with Crippen LogP contribution in [0.5, 0.6) is 5.75 Å². The van der Waals surface area contributed by atoms with Crippen LogP contribution in [0.2, 0.25) is 0 Å². The minimum Gasteiger partial charge on any atom is -0.490 e. The molecule has 4 rings (SSSR count). The minimum atomic E-state index is -1.08. The van der Waals surface area contributed by atoms with Crippen molar-refractivity contribution in [3.8, 4) is 27.3 Å². The topological polar surface area (TPSA) is 9.23 Å². The van der Waals surface area contributed by atoms with Crippen LogP contribution in [0.3, 0.4) is 0 Å². The molecule has 2 aromatic carbocycles. The SMILES string of the molecule is Cc1ccc(-c2ccc(-c3ccc(OCC4CCCC4)c(F)c3F)c(F)c2)s1. The number of aryl methyl sites for hydroxylation is 1. The van der Waals surface area contributed by atoms with Crippen LogP contribution in [0, 0.1) is 30.3 Å². The van der Waals surface area contributed by atoms with Gasteiger partial charge in [0, 0.05) is 20.9 Å². The maximum atomic E-state index is 14.7. The van der Waals surface area contributed by atoms with E-state index < -0.39 is 17.5 Å². The summed E-state index contributed by atoms with van der Waals surface area (Å²) in [6.07, 6.45) is 4.43. The first-order valence-corrected chi connectivity index (χ1v) is 10.3. The monoisotopic (exact) mass is 402 g/mol. The first kappa shape index (κ1) is 19.1. The fraction of sp³-hybridized carbons (Fsp3) is 0.304. The average molecular weight is 402 g/mol. The second-order valence-electron chi connectivity index (χ2n) is 7.31. The molecule has 28 heavy (non-hydrogen) atoms. The van der Waals surface area contributed by atoms with Crippen LogP contribution < -0.4 is 4.74 Å². The van der Waals surface area contributed by atoms with Crippen molar-refractivity contribution in [2.24, 2.45) is 5.92 Å². The van der Waals surface area contributed by atoms with Gasteiger partial charge < -0.3 is 4.74 Å². The number of hydrogen-bond acceptors (Lipinski definition) is 2. The van der Waals surface area contributed by atoms with Gasteiger partial charge in [0.2, 0.25) is 5.82 Å². The molecule has 146 valence electrons. The van der Waals surface area contributed by atoms with Crippen molar-refractivity contribution in [3.05, 3.63) is 64.8 Å². The molecule has 3 aromatic rings. The largest absolute Gasteiger partial charge is 0.490 e. The van der Waals surface area contributed by atoms with E-state index in [0.29, 0.717) is 12.5 Å². The van der Waals surface area contributed by atoms with Crippen LogP contribution in [0.15, 0.2) is 42.5 Å². The number of rotatable bonds is 5. The molecule has 0 amide bonds. The Hall–Kier alpha value is -2.27. The van der Waals surface area contributed by atoms with Gasteiger partial charge in [-0.2, -0.15) is 4.39 Å². The van der Waals surface area contributed by atoms with E-state index in [9.17, 15) is 13.2 Å². The van der Waals surface area contributed by atoms with Crippen LogP contribution in [0.4, 0.5) is 13.2 Å². The predicted molar refractivity (Wildman–Crippen MR) is 107 cm³/mol. The van der Waals surface area contributed by atoms with E-state index in [1.807, 2.05) is 19.1 Å². The Kier molecular flexibility index (Phi) is 5.44. The molecular formula is C23H21F3OS. The summed E-state index contributed by atoms with van der Waals surface area (Å²) in [4.78, 5) is 2.06. The highest BCUT2D eigenvalue weighted by Gasteiger charge is 2.21. The van der Waals surface area contributed by atoms with Crippen LogP contribution >= 0.6 is 11.3 Å². The third-order valence-corrected chi connectivity index (χ3v) is 6.33. The number of ether oxygens (including phenoxy) is 1. The summed E-state index contributed by atoms with van der Waals surface area (Å²) in [6.45, 7) is 2.37. The summed E-state index contributed by atoms with van der Waals surface area (Å²) in [5.41, 5.74) is 0.657. The zero-order valence-electron chi connectivity index (χ0n) is 15.6. The van der Waals surface area contributed by atoms with E-state index in [1.54, 1.807) is 17.4 Å². The van der Waals surface area contributed by atoms with Crippen molar-refractivity contribution >= 4 is 11.3 Å². The van der Waals surface area contributed by atoms with Gasteiger partial charge in [-0.15, -0.1) is 11.3 Å². The van der Waals surface area contributed by atoms with E-state index in [4.69, 9.17) is 4.74 Å². The molecule has 0 atom stereocenters. The molecule has 1 saturated carbocycles. The third-order valence-electron chi connectivity index (χ3n) is 5.28. The summed E-state index contributed by atoms with van der Waals surface area (Å²) >= 11 is 1.56. The lowest BCUT2D eigenvalue weighted by atomic mass is 10.0. The Morgan fingerprint density at radius 1 is 0.929 bits per heavy atom. The van der Waals surface area contributed by atoms with E-state index in [-0.39, 0.29) is 16.9 Å². The Balaban J connectivity index is 1.59. The molecule has 0 unspecified atom stereocenters. The average Bonchev–Trinajstić information content (AvgIpc) is 3.35. The summed E-state index contributed by atoms with van der Waals surface area (Å²) in [5.74, 6) is -2.44. The second-order valence-corrected chi connectivity index (χ2v) is 8.59. The summed E-state index contributed by atoms with van der Waals surface area (Å²) < 4.78 is 49.3. The van der Waals surface area contributed by atoms with Crippen LogP contribution in [0.25, 0.3) is 21.6 Å². The molecule has 0 spiro atoms. The normalized spacial score (nSPS) is 14.6. The van der Waals surface area contributed by atoms with Gasteiger partial charge in [-0.3, -0.25) is 0 Å². The van der Waals surface area contributed by atoms with Gasteiger partial charge in [0.15, 0.2) is 11.6 Å². The van der Waals surface area contributed by atoms with Gasteiger partial charge in [-0.1, -0.05) is 25.0 Å². The van der Waals surface area contributed by atoms with E-state index in [1.165, 1.54) is 24.3 Å². The second kappa shape index (κ2) is 8.00. The summed E-state index contributed by atoms with van der Waals surface area (Å²) in [6, 6.07) is 11.2. The molecule has 0 bridgehead atoms. The number of benzene rings is 2. The maximum Gasteiger partial charge on any atom is 0.201 e. The smallest absolute Gasteiger partial charge is 0.201 e. The van der Waals surface area contributed by atoms with Crippen molar-refractivity contribution < 1.29 is 17.9 Å². The molecule has 1 fully saturated rings. The third kappa shape index (κ3) is 3.81. The standard InChI is InChI=1S/C23H21F3OS/c1-14-6-11-21(28-14)16-7-8-17(19(24)12-16)18-9-10-20(23(26)22(18)25)27-13-15-4-2-3-5-15/h6-12,15H,2-5,13H2,1H3. The predicted octanol–water partition coefficient (Wildman–Crippen LogP) is 7.38. The zero-order valence-corrected chi connectivity index (χ0v) is 16.4. The van der Waals surface area contributed by atoms with Gasteiger partial charge in [0.05, 0.1) is 6.61 Å². The fourth-order valence-corrected chi connectivity index (χ4v) is 4.58. The Morgan fingerprint density at radius 2 is 1.68 bits per heavy atom. The minimum absolute atomic E-state index is 0.0378. The van der Waals surface area contributed by atoms with Crippen molar-refractivity contribution in [2.45, 2.75) is 32.6 Å². The Morgan fingerprint density at radius 3 is 2.36 bits per heavy atom. The van der Waals surface area contributed by atoms with Crippen LogP contribution in [-0.4, -0.2) is 6.61 Å². The molecule has 5 heteroatoms. The zero-order chi connectivity index (χ0) is 19.7. The molecular weight excluding hydrogens is 381 g/mol. The molecule has 1 aromatic heterocycles. The molecule has 0 aliphatic heterocycles. The van der Waals surface area contributed by atoms with Crippen molar-refractivity contribution in [3.63, 3.8) is 0 Å². The lowest BCUT2D eigenvalue weighted by Crippen LogP contribution is -2.09. The van der Waals surface area contributed by atoms with Crippen molar-refractivity contribution in [1.29, 1.82) is 0 Å². The van der Waals surface area contributed by atoms with E-state index in [2.05, 4.69) is 0 Å². The van der Waals surface area contributed by atoms with Gasteiger partial charge in [0.1, 0.15) is 5.82 Å². The fourth-order valence-electron chi connectivity index (χ4n) is 3.71. The summed E-state index contributed by atoms with van der Waals surface area (Å²) in [7, 11) is 0. The number of hydrogen-bond donors (Lipinski definition) is 0.